The molecule has 2 N–H and O–H groups in total. The molecule has 0 aliphatic carbocycles. The van der Waals surface area contributed by atoms with Crippen LogP contribution in [0.15, 0.2) is 29.2 Å². The van der Waals surface area contributed by atoms with Crippen molar-refractivity contribution in [1.82, 2.24) is 10.0 Å². The van der Waals surface area contributed by atoms with E-state index in [1.807, 2.05) is 0 Å². The van der Waals surface area contributed by atoms with Crippen LogP contribution in [0.4, 0.5) is 13.2 Å². The van der Waals surface area contributed by atoms with E-state index < -0.39 is 34.0 Å². The van der Waals surface area contributed by atoms with Crippen LogP contribution in [0.3, 0.4) is 0 Å². The van der Waals surface area contributed by atoms with E-state index in [1.165, 1.54) is 0 Å². The van der Waals surface area contributed by atoms with Crippen molar-refractivity contribution in [3.63, 3.8) is 0 Å². The fourth-order valence-electron chi connectivity index (χ4n) is 1.77. The molecule has 0 bridgehead atoms. The first kappa shape index (κ1) is 22.7. The highest BCUT2D eigenvalue weighted by Crippen LogP contribution is 2.23. The Bertz CT molecular complexity index is 748. The summed E-state index contributed by atoms with van der Waals surface area (Å²) in [7, 11) is -4.02. The first-order valence-corrected chi connectivity index (χ1v) is 9.19. The number of benzene rings is 1. The number of rotatable bonds is 9. The van der Waals surface area contributed by atoms with E-state index in [0.717, 1.165) is 24.3 Å². The van der Waals surface area contributed by atoms with Crippen molar-refractivity contribution < 1.29 is 40.7 Å². The number of carbonyl (C=O) groups is 2. The maximum absolute atomic E-state index is 12.1. The van der Waals surface area contributed by atoms with Crippen molar-refractivity contribution in [3.8, 4) is 5.75 Å². The van der Waals surface area contributed by atoms with E-state index in [0.29, 0.717) is 0 Å². The number of sulfonamides is 1. The minimum absolute atomic E-state index is 0.247. The van der Waals surface area contributed by atoms with Gasteiger partial charge in [0.15, 0.2) is 0 Å². The van der Waals surface area contributed by atoms with Crippen molar-refractivity contribution in [2.45, 2.75) is 37.6 Å². The van der Waals surface area contributed by atoms with Crippen molar-refractivity contribution in [2.24, 2.45) is 0 Å². The van der Waals surface area contributed by atoms with Crippen molar-refractivity contribution in [2.75, 3.05) is 13.1 Å². The molecule has 0 aliphatic heterocycles. The van der Waals surface area contributed by atoms with E-state index in [9.17, 15) is 31.2 Å². The SMILES string of the molecule is CC(C)OC(=O)CNC(=O)CCNS(=O)(=O)c1ccc(OC(F)(F)F)cc1. The van der Waals surface area contributed by atoms with Gasteiger partial charge in [-0.1, -0.05) is 0 Å². The number of nitrogens with one attached hydrogen (secondary N) is 2. The molecule has 152 valence electrons. The van der Waals surface area contributed by atoms with Gasteiger partial charge in [0.1, 0.15) is 12.3 Å². The molecule has 0 spiro atoms. The minimum Gasteiger partial charge on any atom is -0.462 e. The number of alkyl halides is 3. The normalized spacial score (nSPS) is 11.9. The third-order valence-corrected chi connectivity index (χ3v) is 4.29. The summed E-state index contributed by atoms with van der Waals surface area (Å²) in [6, 6.07) is 3.58. The zero-order chi connectivity index (χ0) is 20.7. The molecule has 0 atom stereocenters. The van der Waals surface area contributed by atoms with Crippen LogP contribution in [0.25, 0.3) is 0 Å². The van der Waals surface area contributed by atoms with Gasteiger partial charge in [0.2, 0.25) is 15.9 Å². The standard InChI is InChI=1S/C15H19F3N2O6S/c1-10(2)25-14(22)9-19-13(21)7-8-20-27(23,24)12-5-3-11(4-6-12)26-15(16,17)18/h3-6,10,20H,7-9H2,1-2H3,(H,19,21). The Morgan fingerprint density at radius 1 is 1.15 bits per heavy atom. The molecule has 0 radical (unpaired) electrons. The lowest BCUT2D eigenvalue weighted by Crippen LogP contribution is -2.34. The van der Waals surface area contributed by atoms with Gasteiger partial charge >= 0.3 is 12.3 Å². The molecule has 0 fully saturated rings. The van der Waals surface area contributed by atoms with Crippen LogP contribution in [-0.4, -0.2) is 45.9 Å². The summed E-state index contributed by atoms with van der Waals surface area (Å²) in [5, 5.41) is 2.27. The molecule has 0 saturated carbocycles. The molecule has 1 amide bonds. The van der Waals surface area contributed by atoms with Gasteiger partial charge in [-0.25, -0.2) is 13.1 Å². The number of amides is 1. The van der Waals surface area contributed by atoms with E-state index in [4.69, 9.17) is 4.74 Å². The van der Waals surface area contributed by atoms with E-state index in [-0.39, 0.29) is 30.5 Å². The smallest absolute Gasteiger partial charge is 0.462 e. The van der Waals surface area contributed by atoms with Gasteiger partial charge in [-0.15, -0.1) is 13.2 Å². The van der Waals surface area contributed by atoms with Crippen molar-refractivity contribution >= 4 is 21.9 Å². The molecule has 8 nitrogen and oxygen atoms in total. The third-order valence-electron chi connectivity index (χ3n) is 2.81. The van der Waals surface area contributed by atoms with Crippen LogP contribution in [0.1, 0.15) is 20.3 Å². The Kier molecular flexibility index (Phi) is 8.03. The van der Waals surface area contributed by atoms with Crippen molar-refractivity contribution in [1.29, 1.82) is 0 Å². The third kappa shape index (κ3) is 9.24. The van der Waals surface area contributed by atoms with Crippen LogP contribution in [0.2, 0.25) is 0 Å². The molecular weight excluding hydrogens is 393 g/mol. The highest BCUT2D eigenvalue weighted by molar-refractivity contribution is 7.89. The van der Waals surface area contributed by atoms with Gasteiger partial charge in [0, 0.05) is 13.0 Å². The van der Waals surface area contributed by atoms with Gasteiger partial charge in [-0.3, -0.25) is 9.59 Å². The first-order valence-electron chi connectivity index (χ1n) is 7.71. The number of hydrogen-bond donors (Lipinski definition) is 2. The molecule has 0 aliphatic rings. The van der Waals surface area contributed by atoms with Gasteiger partial charge < -0.3 is 14.8 Å². The highest BCUT2D eigenvalue weighted by Gasteiger charge is 2.31. The van der Waals surface area contributed by atoms with Gasteiger partial charge in [0.05, 0.1) is 11.0 Å². The average Bonchev–Trinajstić information content (AvgIpc) is 2.51. The fourth-order valence-corrected chi connectivity index (χ4v) is 2.80. The highest BCUT2D eigenvalue weighted by atomic mass is 32.2. The molecule has 0 unspecified atom stereocenters. The van der Waals surface area contributed by atoms with E-state index in [2.05, 4.69) is 14.8 Å². The van der Waals surface area contributed by atoms with E-state index in [1.54, 1.807) is 13.8 Å². The minimum atomic E-state index is -4.88. The summed E-state index contributed by atoms with van der Waals surface area (Å²) < 4.78 is 70.8. The summed E-state index contributed by atoms with van der Waals surface area (Å²) in [4.78, 5) is 22.5. The van der Waals surface area contributed by atoms with Gasteiger partial charge in [0.25, 0.3) is 0 Å². The Labute approximate surface area is 154 Å². The zero-order valence-electron chi connectivity index (χ0n) is 14.5. The summed E-state index contributed by atoms with van der Waals surface area (Å²) in [5.74, 6) is -1.76. The summed E-state index contributed by atoms with van der Waals surface area (Å²) in [6.45, 7) is 2.69. The lowest BCUT2D eigenvalue weighted by Gasteiger charge is -2.10. The topological polar surface area (TPSA) is 111 Å². The predicted molar refractivity (Wildman–Crippen MR) is 87.2 cm³/mol. The maximum Gasteiger partial charge on any atom is 0.573 e. The molecule has 27 heavy (non-hydrogen) atoms. The van der Waals surface area contributed by atoms with Gasteiger partial charge in [-0.2, -0.15) is 0 Å². The second-order valence-corrected chi connectivity index (χ2v) is 7.25. The quantitative estimate of drug-likeness (QED) is 0.592. The molecule has 12 heteroatoms. The zero-order valence-corrected chi connectivity index (χ0v) is 15.3. The van der Waals surface area contributed by atoms with Gasteiger partial charge in [-0.05, 0) is 38.1 Å². The summed E-state index contributed by atoms with van der Waals surface area (Å²) in [6.07, 6.45) is -5.45. The lowest BCUT2D eigenvalue weighted by molar-refractivity contribution is -0.274. The number of carbonyl (C=O) groups excluding carboxylic acids is 2. The Hall–Kier alpha value is -2.34. The molecular formula is C15H19F3N2O6S. The molecule has 0 aromatic heterocycles. The fraction of sp³-hybridized carbons (Fsp3) is 0.467. The van der Waals surface area contributed by atoms with E-state index >= 15 is 0 Å². The number of esters is 1. The Morgan fingerprint density at radius 2 is 1.74 bits per heavy atom. The maximum atomic E-state index is 12.1. The molecule has 0 heterocycles. The molecule has 0 saturated heterocycles. The van der Waals surface area contributed by atoms with Crippen LogP contribution in [0.5, 0.6) is 5.75 Å². The molecule has 1 rings (SSSR count). The first-order chi connectivity index (χ1) is 12.4. The largest absolute Gasteiger partial charge is 0.573 e. The van der Waals surface area contributed by atoms with Crippen LogP contribution < -0.4 is 14.8 Å². The lowest BCUT2D eigenvalue weighted by atomic mass is 10.3. The Morgan fingerprint density at radius 3 is 2.26 bits per heavy atom. The second-order valence-electron chi connectivity index (χ2n) is 5.48. The molecule has 1 aromatic carbocycles. The second kappa shape index (κ2) is 9.55. The van der Waals surface area contributed by atoms with Crippen LogP contribution in [0, 0.1) is 0 Å². The monoisotopic (exact) mass is 412 g/mol. The number of hydrogen-bond acceptors (Lipinski definition) is 6. The summed E-state index contributed by atoms with van der Waals surface area (Å²) in [5.41, 5.74) is 0. The van der Waals surface area contributed by atoms with Crippen molar-refractivity contribution in [3.05, 3.63) is 24.3 Å². The molecule has 1 aromatic rings. The Balaban J connectivity index is 2.47. The average molecular weight is 412 g/mol. The van der Waals surface area contributed by atoms with Crippen LogP contribution >= 0.6 is 0 Å². The predicted octanol–water partition coefficient (Wildman–Crippen LogP) is 1.32. The van der Waals surface area contributed by atoms with Crippen LogP contribution in [-0.2, 0) is 24.3 Å². The number of halogens is 3. The number of ether oxygens (including phenoxy) is 2. The summed E-state index contributed by atoms with van der Waals surface area (Å²) >= 11 is 0.